The van der Waals surface area contributed by atoms with Crippen LogP contribution < -0.4 is 11.5 Å². The topological polar surface area (TPSA) is 77.8 Å². The summed E-state index contributed by atoms with van der Waals surface area (Å²) in [6.07, 6.45) is 2.05. The van der Waals surface area contributed by atoms with Crippen LogP contribution in [0.3, 0.4) is 0 Å². The summed E-state index contributed by atoms with van der Waals surface area (Å²) < 4.78 is 0. The van der Waals surface area contributed by atoms with Crippen LogP contribution in [0.15, 0.2) is 24.3 Å². The van der Waals surface area contributed by atoms with Gasteiger partial charge in [0.25, 0.3) is 0 Å². The first-order valence-electron chi connectivity index (χ1n) is 6.16. The zero-order valence-electron chi connectivity index (χ0n) is 10.8. The van der Waals surface area contributed by atoms with Gasteiger partial charge in [-0.05, 0) is 30.0 Å². The predicted molar refractivity (Wildman–Crippen MR) is 75.0 cm³/mol. The summed E-state index contributed by atoms with van der Waals surface area (Å²) >= 11 is 0. The first kappa shape index (κ1) is 12.4. The van der Waals surface area contributed by atoms with Crippen molar-refractivity contribution in [3.8, 4) is 11.3 Å². The van der Waals surface area contributed by atoms with Gasteiger partial charge in [-0.3, -0.25) is 0 Å². The molecule has 0 unspecified atom stereocenters. The third kappa shape index (κ3) is 2.42. The lowest BCUT2D eigenvalue weighted by Crippen LogP contribution is -2.01. The van der Waals surface area contributed by atoms with Crippen molar-refractivity contribution in [1.82, 2.24) is 9.97 Å². The van der Waals surface area contributed by atoms with E-state index >= 15 is 0 Å². The molecule has 0 saturated carbocycles. The van der Waals surface area contributed by atoms with E-state index in [1.807, 2.05) is 0 Å². The fourth-order valence-corrected chi connectivity index (χ4v) is 2.09. The number of aryl methyl sites for hydroxylation is 2. The minimum Gasteiger partial charge on any atom is -0.384 e. The van der Waals surface area contributed by atoms with Crippen LogP contribution in [-0.2, 0) is 12.8 Å². The third-order valence-electron chi connectivity index (χ3n) is 3.03. The average molecular weight is 242 g/mol. The summed E-state index contributed by atoms with van der Waals surface area (Å²) in [7, 11) is 0. The Morgan fingerprint density at radius 2 is 1.67 bits per heavy atom. The third-order valence-corrected chi connectivity index (χ3v) is 3.03. The first-order valence-corrected chi connectivity index (χ1v) is 6.16. The van der Waals surface area contributed by atoms with Crippen LogP contribution in [0.5, 0.6) is 0 Å². The molecule has 0 fully saturated rings. The van der Waals surface area contributed by atoms with Gasteiger partial charge in [-0.15, -0.1) is 0 Å². The highest BCUT2D eigenvalue weighted by Gasteiger charge is 2.06. The predicted octanol–water partition coefficient (Wildman–Crippen LogP) is 2.43. The molecular formula is C14H18N4. The Labute approximate surface area is 107 Å². The van der Waals surface area contributed by atoms with Crippen molar-refractivity contribution in [3.05, 3.63) is 35.4 Å². The zero-order valence-corrected chi connectivity index (χ0v) is 10.8. The standard InChI is InChI=1S/C14H18N4/c1-3-9-5-6-11(7-10(9)4-2)12-8-13(15)18-14(16)17-12/h5-8H,3-4H2,1-2H3,(H4,15,16,17,18). The monoisotopic (exact) mass is 242 g/mol. The molecule has 1 heterocycles. The van der Waals surface area contributed by atoms with E-state index in [1.54, 1.807) is 6.07 Å². The molecule has 0 aliphatic rings. The van der Waals surface area contributed by atoms with E-state index in [9.17, 15) is 0 Å². The van der Waals surface area contributed by atoms with Crippen LogP contribution in [0, 0.1) is 0 Å². The Hall–Kier alpha value is -2.10. The molecule has 1 aromatic carbocycles. The second-order valence-electron chi connectivity index (χ2n) is 4.23. The van der Waals surface area contributed by atoms with Crippen LogP contribution in [-0.4, -0.2) is 9.97 Å². The molecule has 0 spiro atoms. The zero-order chi connectivity index (χ0) is 13.1. The first-order chi connectivity index (χ1) is 8.63. The lowest BCUT2D eigenvalue weighted by molar-refractivity contribution is 1.04. The van der Waals surface area contributed by atoms with Crippen molar-refractivity contribution >= 4 is 11.8 Å². The highest BCUT2D eigenvalue weighted by molar-refractivity contribution is 5.64. The van der Waals surface area contributed by atoms with E-state index in [0.717, 1.165) is 24.1 Å². The maximum atomic E-state index is 5.69. The van der Waals surface area contributed by atoms with E-state index in [4.69, 9.17) is 11.5 Å². The molecule has 2 aromatic rings. The molecule has 0 aliphatic heterocycles. The summed E-state index contributed by atoms with van der Waals surface area (Å²) in [5.41, 5.74) is 15.8. The summed E-state index contributed by atoms with van der Waals surface area (Å²) in [6.45, 7) is 4.32. The van der Waals surface area contributed by atoms with Crippen LogP contribution in [0.2, 0.25) is 0 Å². The second-order valence-corrected chi connectivity index (χ2v) is 4.23. The second kappa shape index (κ2) is 5.04. The van der Waals surface area contributed by atoms with Crippen molar-refractivity contribution in [2.75, 3.05) is 11.5 Å². The molecule has 0 bridgehead atoms. The average Bonchev–Trinajstić information content (AvgIpc) is 2.36. The number of nitrogens with two attached hydrogens (primary N) is 2. The Balaban J connectivity index is 2.50. The molecule has 0 amide bonds. The van der Waals surface area contributed by atoms with Gasteiger partial charge in [0.05, 0.1) is 5.69 Å². The van der Waals surface area contributed by atoms with Crippen LogP contribution in [0.1, 0.15) is 25.0 Å². The Morgan fingerprint density at radius 1 is 0.944 bits per heavy atom. The Kier molecular flexibility index (Phi) is 3.46. The molecule has 18 heavy (non-hydrogen) atoms. The molecule has 4 N–H and O–H groups in total. The van der Waals surface area contributed by atoms with Gasteiger partial charge in [0, 0.05) is 11.6 Å². The van der Waals surface area contributed by atoms with E-state index in [0.29, 0.717) is 5.82 Å². The molecule has 0 radical (unpaired) electrons. The van der Waals surface area contributed by atoms with Gasteiger partial charge in [-0.25, -0.2) is 4.98 Å². The number of benzene rings is 1. The highest BCUT2D eigenvalue weighted by atomic mass is 15.0. The lowest BCUT2D eigenvalue weighted by Gasteiger charge is -2.09. The fraction of sp³-hybridized carbons (Fsp3) is 0.286. The van der Waals surface area contributed by atoms with Crippen LogP contribution >= 0.6 is 0 Å². The van der Waals surface area contributed by atoms with Gasteiger partial charge in [-0.2, -0.15) is 4.98 Å². The van der Waals surface area contributed by atoms with E-state index in [2.05, 4.69) is 42.0 Å². The molecule has 1 aromatic heterocycles. The summed E-state index contributed by atoms with van der Waals surface area (Å²) in [6, 6.07) is 8.10. The lowest BCUT2D eigenvalue weighted by atomic mass is 9.99. The van der Waals surface area contributed by atoms with Gasteiger partial charge < -0.3 is 11.5 Å². The maximum Gasteiger partial charge on any atom is 0.222 e. The summed E-state index contributed by atoms with van der Waals surface area (Å²) in [4.78, 5) is 8.10. The van der Waals surface area contributed by atoms with E-state index in [1.165, 1.54) is 11.1 Å². The molecule has 2 rings (SSSR count). The Morgan fingerprint density at radius 3 is 2.28 bits per heavy atom. The van der Waals surface area contributed by atoms with Gasteiger partial charge in [0.15, 0.2) is 0 Å². The van der Waals surface area contributed by atoms with Crippen molar-refractivity contribution in [3.63, 3.8) is 0 Å². The van der Waals surface area contributed by atoms with Gasteiger partial charge in [0.1, 0.15) is 5.82 Å². The molecule has 0 atom stereocenters. The number of anilines is 2. The van der Waals surface area contributed by atoms with Crippen molar-refractivity contribution in [1.29, 1.82) is 0 Å². The molecule has 0 aliphatic carbocycles. The largest absolute Gasteiger partial charge is 0.384 e. The quantitative estimate of drug-likeness (QED) is 0.866. The van der Waals surface area contributed by atoms with Gasteiger partial charge in [0.2, 0.25) is 5.95 Å². The number of nitrogens with zero attached hydrogens (tertiary/aromatic N) is 2. The minimum atomic E-state index is 0.211. The molecule has 94 valence electrons. The molecule has 4 heteroatoms. The van der Waals surface area contributed by atoms with Gasteiger partial charge >= 0.3 is 0 Å². The summed E-state index contributed by atoms with van der Waals surface area (Å²) in [5, 5.41) is 0. The number of aromatic nitrogens is 2. The number of rotatable bonds is 3. The number of nitrogen functional groups attached to an aromatic ring is 2. The maximum absolute atomic E-state index is 5.69. The van der Waals surface area contributed by atoms with Gasteiger partial charge in [-0.1, -0.05) is 26.0 Å². The molecule has 0 saturated heterocycles. The van der Waals surface area contributed by atoms with E-state index in [-0.39, 0.29) is 5.95 Å². The highest BCUT2D eigenvalue weighted by Crippen LogP contribution is 2.23. The molecular weight excluding hydrogens is 224 g/mol. The fourth-order valence-electron chi connectivity index (χ4n) is 2.09. The number of hydrogen-bond acceptors (Lipinski definition) is 4. The summed E-state index contributed by atoms with van der Waals surface area (Å²) in [5.74, 6) is 0.609. The van der Waals surface area contributed by atoms with Crippen molar-refractivity contribution < 1.29 is 0 Å². The Bertz CT molecular complexity index is 543. The van der Waals surface area contributed by atoms with Crippen molar-refractivity contribution in [2.24, 2.45) is 0 Å². The SMILES string of the molecule is CCc1ccc(-c2cc(N)nc(N)n2)cc1CC. The van der Waals surface area contributed by atoms with Crippen molar-refractivity contribution in [2.45, 2.75) is 26.7 Å². The normalized spacial score (nSPS) is 10.6. The van der Waals surface area contributed by atoms with E-state index < -0.39 is 0 Å². The smallest absolute Gasteiger partial charge is 0.222 e. The molecule has 4 nitrogen and oxygen atoms in total. The van der Waals surface area contributed by atoms with Crippen LogP contribution in [0.25, 0.3) is 11.3 Å². The minimum absolute atomic E-state index is 0.211. The van der Waals surface area contributed by atoms with Crippen LogP contribution in [0.4, 0.5) is 11.8 Å². The number of hydrogen-bond donors (Lipinski definition) is 2.